The van der Waals surface area contributed by atoms with Crippen molar-refractivity contribution >= 4 is 5.84 Å². The fraction of sp³-hybridized carbons (Fsp3) is 0.556. The van der Waals surface area contributed by atoms with Gasteiger partial charge in [-0.1, -0.05) is 25.9 Å². The van der Waals surface area contributed by atoms with E-state index in [0.29, 0.717) is 5.84 Å². The van der Waals surface area contributed by atoms with E-state index >= 15 is 0 Å². The summed E-state index contributed by atoms with van der Waals surface area (Å²) in [5.74, 6) is 1.42. The lowest BCUT2D eigenvalue weighted by atomic mass is 9.95. The molecule has 1 N–H and O–H groups in total. The van der Waals surface area contributed by atoms with E-state index in [9.17, 15) is 0 Å². The minimum absolute atomic E-state index is 0.194. The molecule has 0 aromatic carbocycles. The maximum Gasteiger partial charge on any atom is 0.159 e. The molecule has 0 radical (unpaired) electrons. The Morgan fingerprint density at radius 2 is 2.15 bits per heavy atom. The number of rotatable bonds is 0. The Labute approximate surface area is 77.9 Å². The third kappa shape index (κ3) is 1.88. The zero-order valence-electron chi connectivity index (χ0n) is 8.44. The van der Waals surface area contributed by atoms with Crippen LogP contribution < -0.4 is 0 Å². The van der Waals surface area contributed by atoms with Gasteiger partial charge in [0.05, 0.1) is 0 Å². The van der Waals surface area contributed by atoms with Crippen LogP contribution in [-0.4, -0.2) is 20.6 Å². The Morgan fingerprint density at radius 3 is 2.46 bits per heavy atom. The van der Waals surface area contributed by atoms with Gasteiger partial charge in [0.1, 0.15) is 5.82 Å². The van der Waals surface area contributed by atoms with Gasteiger partial charge in [0.25, 0.3) is 0 Å². The molecular weight excluding hydrogens is 166 g/mol. The van der Waals surface area contributed by atoms with Crippen molar-refractivity contribution in [3.8, 4) is 0 Å². The highest BCUT2D eigenvalue weighted by atomic mass is 16.4. The molecule has 0 atom stereocenters. The summed E-state index contributed by atoms with van der Waals surface area (Å²) in [4.78, 5) is 4.07. The zero-order chi connectivity index (χ0) is 10.1. The van der Waals surface area contributed by atoms with Crippen LogP contribution >= 0.6 is 0 Å². The average molecular weight is 181 g/mol. The third-order valence-corrected chi connectivity index (χ3v) is 1.82. The Balaban J connectivity index is 3.14. The summed E-state index contributed by atoms with van der Waals surface area (Å²) >= 11 is 0. The van der Waals surface area contributed by atoms with Crippen LogP contribution in [0.3, 0.4) is 0 Å². The lowest BCUT2D eigenvalue weighted by molar-refractivity contribution is 0.307. The minimum Gasteiger partial charge on any atom is -0.409 e. The van der Waals surface area contributed by atoms with Crippen LogP contribution in [0, 0.1) is 12.3 Å². The van der Waals surface area contributed by atoms with Crippen molar-refractivity contribution in [3.05, 3.63) is 18.2 Å². The van der Waals surface area contributed by atoms with Crippen LogP contribution in [0.15, 0.2) is 17.5 Å². The molecule has 0 fully saturated rings. The van der Waals surface area contributed by atoms with E-state index < -0.39 is 0 Å². The van der Waals surface area contributed by atoms with Crippen LogP contribution in [-0.2, 0) is 0 Å². The van der Waals surface area contributed by atoms with Gasteiger partial charge in [-0.15, -0.1) is 0 Å². The Kier molecular flexibility index (Phi) is 2.40. The molecule has 0 aliphatic rings. The van der Waals surface area contributed by atoms with Crippen molar-refractivity contribution in [1.29, 1.82) is 0 Å². The molecule has 0 amide bonds. The normalized spacial score (nSPS) is 13.4. The van der Waals surface area contributed by atoms with Gasteiger partial charge < -0.3 is 5.21 Å². The summed E-state index contributed by atoms with van der Waals surface area (Å²) in [5, 5.41) is 12.2. The predicted molar refractivity (Wildman–Crippen MR) is 51.0 cm³/mol. The molecule has 0 bridgehead atoms. The van der Waals surface area contributed by atoms with E-state index in [4.69, 9.17) is 5.21 Å². The molecule has 4 heteroatoms. The third-order valence-electron chi connectivity index (χ3n) is 1.82. The first-order chi connectivity index (χ1) is 5.96. The highest BCUT2D eigenvalue weighted by molar-refractivity contribution is 5.89. The summed E-state index contributed by atoms with van der Waals surface area (Å²) in [7, 11) is 0. The predicted octanol–water partition coefficient (Wildman–Crippen LogP) is 1.87. The van der Waals surface area contributed by atoms with E-state index in [0.717, 1.165) is 5.82 Å². The van der Waals surface area contributed by atoms with Gasteiger partial charge >= 0.3 is 0 Å². The summed E-state index contributed by atoms with van der Waals surface area (Å²) in [6.07, 6.45) is 3.47. The zero-order valence-corrected chi connectivity index (χ0v) is 8.44. The molecule has 0 aliphatic carbocycles. The van der Waals surface area contributed by atoms with Crippen molar-refractivity contribution in [3.63, 3.8) is 0 Å². The average Bonchev–Trinajstić information content (AvgIpc) is 2.35. The van der Waals surface area contributed by atoms with Gasteiger partial charge in [-0.05, 0) is 6.92 Å². The second kappa shape index (κ2) is 3.20. The number of imidazole rings is 1. The molecule has 0 saturated heterocycles. The molecule has 1 aromatic heterocycles. The molecular formula is C9H15N3O. The Morgan fingerprint density at radius 1 is 1.54 bits per heavy atom. The smallest absolute Gasteiger partial charge is 0.159 e. The second-order valence-corrected chi connectivity index (χ2v) is 4.02. The highest BCUT2D eigenvalue weighted by Crippen LogP contribution is 2.18. The number of oxime groups is 1. The molecule has 0 aliphatic heterocycles. The number of hydrogen-bond donors (Lipinski definition) is 1. The lowest BCUT2D eigenvalue weighted by Gasteiger charge is -2.20. The van der Waals surface area contributed by atoms with Gasteiger partial charge in [-0.3, -0.25) is 4.57 Å². The van der Waals surface area contributed by atoms with Crippen molar-refractivity contribution < 1.29 is 5.21 Å². The first-order valence-corrected chi connectivity index (χ1v) is 4.19. The maximum absolute atomic E-state index is 8.90. The summed E-state index contributed by atoms with van der Waals surface area (Å²) < 4.78 is 1.78. The van der Waals surface area contributed by atoms with Crippen LogP contribution in [0.5, 0.6) is 0 Å². The first kappa shape index (κ1) is 9.77. The van der Waals surface area contributed by atoms with E-state index in [1.165, 1.54) is 0 Å². The Hall–Kier alpha value is -1.32. The summed E-state index contributed by atoms with van der Waals surface area (Å²) in [6, 6.07) is 0. The topological polar surface area (TPSA) is 50.4 Å². The van der Waals surface area contributed by atoms with Crippen LogP contribution in [0.1, 0.15) is 26.6 Å². The largest absolute Gasteiger partial charge is 0.409 e. The van der Waals surface area contributed by atoms with E-state index in [1.807, 2.05) is 27.7 Å². The molecule has 13 heavy (non-hydrogen) atoms. The summed E-state index contributed by atoms with van der Waals surface area (Å²) in [6.45, 7) is 7.83. The van der Waals surface area contributed by atoms with Crippen molar-refractivity contribution in [1.82, 2.24) is 9.55 Å². The summed E-state index contributed by atoms with van der Waals surface area (Å²) in [5.41, 5.74) is -0.194. The molecule has 1 aromatic rings. The fourth-order valence-electron chi connectivity index (χ4n) is 1.16. The number of aromatic nitrogens is 2. The number of hydrogen-bond acceptors (Lipinski definition) is 3. The van der Waals surface area contributed by atoms with Gasteiger partial charge in [0.2, 0.25) is 0 Å². The highest BCUT2D eigenvalue weighted by Gasteiger charge is 2.22. The Bertz CT molecular complexity index is 320. The number of nitrogens with zero attached hydrogens (tertiary/aromatic N) is 3. The van der Waals surface area contributed by atoms with Gasteiger partial charge in [0.15, 0.2) is 5.84 Å². The monoisotopic (exact) mass is 181 g/mol. The fourth-order valence-corrected chi connectivity index (χ4v) is 1.16. The molecule has 0 saturated carbocycles. The van der Waals surface area contributed by atoms with E-state index in [2.05, 4.69) is 10.1 Å². The van der Waals surface area contributed by atoms with Gasteiger partial charge in [-0.25, -0.2) is 4.98 Å². The van der Waals surface area contributed by atoms with Gasteiger partial charge in [0, 0.05) is 17.8 Å². The number of aryl methyl sites for hydroxylation is 1. The minimum atomic E-state index is -0.194. The molecule has 72 valence electrons. The quantitative estimate of drug-likeness (QED) is 0.287. The SMILES string of the molecule is Cc1nccn1/C(=N/O)C(C)(C)C. The lowest BCUT2D eigenvalue weighted by Crippen LogP contribution is -2.28. The van der Waals surface area contributed by atoms with E-state index in [-0.39, 0.29) is 5.41 Å². The second-order valence-electron chi connectivity index (χ2n) is 4.02. The molecule has 1 heterocycles. The van der Waals surface area contributed by atoms with Crippen molar-refractivity contribution in [2.75, 3.05) is 0 Å². The first-order valence-electron chi connectivity index (χ1n) is 4.19. The van der Waals surface area contributed by atoms with Crippen LogP contribution in [0.4, 0.5) is 0 Å². The van der Waals surface area contributed by atoms with E-state index in [1.54, 1.807) is 17.0 Å². The maximum atomic E-state index is 8.90. The van der Waals surface area contributed by atoms with Gasteiger partial charge in [-0.2, -0.15) is 0 Å². The molecule has 1 rings (SSSR count). The van der Waals surface area contributed by atoms with Crippen molar-refractivity contribution in [2.45, 2.75) is 27.7 Å². The van der Waals surface area contributed by atoms with Crippen LogP contribution in [0.2, 0.25) is 0 Å². The molecule has 4 nitrogen and oxygen atoms in total. The molecule has 0 spiro atoms. The molecule has 0 unspecified atom stereocenters. The van der Waals surface area contributed by atoms with Crippen molar-refractivity contribution in [2.24, 2.45) is 10.6 Å². The standard InChI is InChI=1S/C9H15N3O/c1-7-10-5-6-12(7)8(11-13)9(2,3)4/h5-6,13H,1-4H3/b11-8+. The van der Waals surface area contributed by atoms with Crippen LogP contribution in [0.25, 0.3) is 0 Å².